The number of hydrogen-bond acceptors (Lipinski definition) is 3. The van der Waals surface area contributed by atoms with Crippen LogP contribution in [0.5, 0.6) is 0 Å². The third-order valence-corrected chi connectivity index (χ3v) is 5.37. The molecule has 2 aromatic rings. The van der Waals surface area contributed by atoms with Gasteiger partial charge in [0.2, 0.25) is 0 Å². The van der Waals surface area contributed by atoms with Crippen molar-refractivity contribution in [1.29, 1.82) is 0 Å². The third-order valence-electron chi connectivity index (χ3n) is 5.37. The first-order valence-electron chi connectivity index (χ1n) is 9.31. The predicted octanol–water partition coefficient (Wildman–Crippen LogP) is 2.25. The van der Waals surface area contributed by atoms with E-state index in [1.165, 1.54) is 7.05 Å². The van der Waals surface area contributed by atoms with Gasteiger partial charge in [-0.2, -0.15) is 0 Å². The summed E-state index contributed by atoms with van der Waals surface area (Å²) in [5, 5.41) is 2.44. The summed E-state index contributed by atoms with van der Waals surface area (Å²) in [6.07, 6.45) is 1.54. The highest BCUT2D eigenvalue weighted by molar-refractivity contribution is 6.38. The zero-order valence-corrected chi connectivity index (χ0v) is 15.6. The van der Waals surface area contributed by atoms with Gasteiger partial charge in [0.15, 0.2) is 6.04 Å². The molecule has 2 atom stereocenters. The van der Waals surface area contributed by atoms with Crippen LogP contribution in [0.15, 0.2) is 60.7 Å². The fourth-order valence-electron chi connectivity index (χ4n) is 3.98. The van der Waals surface area contributed by atoms with Gasteiger partial charge in [-0.05, 0) is 5.56 Å². The van der Waals surface area contributed by atoms with Crippen LogP contribution in [0.25, 0.3) is 0 Å². The molecule has 5 heteroatoms. The van der Waals surface area contributed by atoms with Crippen LogP contribution in [0.4, 0.5) is 0 Å². The minimum atomic E-state index is -0.720. The Labute approximate surface area is 159 Å². The highest BCUT2D eigenvalue weighted by Gasteiger charge is 2.52. The third kappa shape index (κ3) is 3.98. The van der Waals surface area contributed by atoms with Crippen LogP contribution in [0, 0.1) is 0 Å². The Morgan fingerprint density at radius 1 is 1.00 bits per heavy atom. The predicted molar refractivity (Wildman–Crippen MR) is 103 cm³/mol. The molecule has 0 bridgehead atoms. The number of ketones is 1. The summed E-state index contributed by atoms with van der Waals surface area (Å²) in [6, 6.07) is 18.6. The van der Waals surface area contributed by atoms with Crippen LogP contribution in [-0.2, 0) is 27.3 Å². The van der Waals surface area contributed by atoms with Crippen molar-refractivity contribution in [3.63, 3.8) is 0 Å². The van der Waals surface area contributed by atoms with E-state index in [0.717, 1.165) is 17.5 Å². The molecule has 140 valence electrons. The van der Waals surface area contributed by atoms with Crippen LogP contribution in [0.1, 0.15) is 24.0 Å². The van der Waals surface area contributed by atoms with Crippen molar-refractivity contribution >= 4 is 17.6 Å². The summed E-state index contributed by atoms with van der Waals surface area (Å²) < 4.78 is 0.0190. The van der Waals surface area contributed by atoms with Crippen molar-refractivity contribution in [2.24, 2.45) is 0 Å². The van der Waals surface area contributed by atoms with E-state index in [2.05, 4.69) is 5.32 Å². The van der Waals surface area contributed by atoms with E-state index < -0.39 is 17.7 Å². The average molecular weight is 365 g/mol. The van der Waals surface area contributed by atoms with Gasteiger partial charge in [0, 0.05) is 25.5 Å². The molecule has 27 heavy (non-hydrogen) atoms. The van der Waals surface area contributed by atoms with Gasteiger partial charge in [-0.3, -0.25) is 9.59 Å². The Morgan fingerprint density at radius 3 is 2.11 bits per heavy atom. The molecule has 1 N–H and O–H groups in total. The summed E-state index contributed by atoms with van der Waals surface area (Å²) in [4.78, 5) is 38.3. The highest BCUT2D eigenvalue weighted by Crippen LogP contribution is 2.31. The van der Waals surface area contributed by atoms with Gasteiger partial charge >= 0.3 is 5.91 Å². The quantitative estimate of drug-likeness (QED) is 0.605. The first kappa shape index (κ1) is 19.0. The number of benzene rings is 2. The van der Waals surface area contributed by atoms with E-state index in [0.29, 0.717) is 25.9 Å². The molecule has 1 heterocycles. The Bertz CT molecular complexity index is 820. The molecule has 1 aliphatic heterocycles. The molecule has 0 radical (unpaired) electrons. The number of likely N-dealkylation sites (tertiary alicyclic amines) is 1. The first-order chi connectivity index (χ1) is 13.1. The Kier molecular flexibility index (Phi) is 5.81. The van der Waals surface area contributed by atoms with E-state index in [9.17, 15) is 14.4 Å². The summed E-state index contributed by atoms with van der Waals surface area (Å²) in [5.41, 5.74) is 1.94. The standard InChI is InChI=1S/C22H24N2O3/c1-23-22(27)21(26)19(15-17-9-4-2-5-10-17)24(14-8-13-20(24)25)16-18-11-6-3-7-12-18/h2-7,9-12,19H,8,13-16H2,1H3/p+1/t19-,24?/m1/s1. The lowest BCUT2D eigenvalue weighted by Crippen LogP contribution is -2.61. The number of rotatable bonds is 7. The number of carbonyl (C=O) groups is 3. The molecule has 2 amide bonds. The molecule has 0 aliphatic carbocycles. The molecular formula is C22H25N2O3+. The lowest BCUT2D eigenvalue weighted by Gasteiger charge is -2.38. The van der Waals surface area contributed by atoms with Crippen molar-refractivity contribution in [2.75, 3.05) is 13.6 Å². The molecule has 1 fully saturated rings. The maximum atomic E-state index is 13.0. The minimum absolute atomic E-state index is 0.0190. The molecule has 1 unspecified atom stereocenters. The zero-order valence-electron chi connectivity index (χ0n) is 15.6. The molecule has 0 aromatic heterocycles. The lowest BCUT2D eigenvalue weighted by molar-refractivity contribution is -0.875. The Balaban J connectivity index is 2.03. The van der Waals surface area contributed by atoms with Gasteiger partial charge < -0.3 is 5.32 Å². The number of quaternary nitrogens is 1. The number of likely N-dealkylation sites (N-methyl/N-ethyl adjacent to an activating group) is 1. The smallest absolute Gasteiger partial charge is 0.314 e. The van der Waals surface area contributed by atoms with Crippen molar-refractivity contribution in [3.05, 3.63) is 71.8 Å². The Hall–Kier alpha value is -2.79. The van der Waals surface area contributed by atoms with Crippen LogP contribution in [-0.4, -0.2) is 41.7 Å². The zero-order chi connectivity index (χ0) is 19.3. The second-order valence-electron chi connectivity index (χ2n) is 7.05. The normalized spacial score (nSPS) is 20.3. The molecule has 1 aliphatic rings. The van der Waals surface area contributed by atoms with E-state index in [4.69, 9.17) is 0 Å². The molecule has 0 spiro atoms. The summed E-state index contributed by atoms with van der Waals surface area (Å²) >= 11 is 0. The van der Waals surface area contributed by atoms with Gasteiger partial charge in [0.05, 0.1) is 13.0 Å². The monoisotopic (exact) mass is 365 g/mol. The van der Waals surface area contributed by atoms with E-state index in [-0.39, 0.29) is 10.4 Å². The van der Waals surface area contributed by atoms with Gasteiger partial charge in [-0.1, -0.05) is 60.7 Å². The van der Waals surface area contributed by atoms with Crippen LogP contribution < -0.4 is 5.32 Å². The molecular weight excluding hydrogens is 340 g/mol. The fourth-order valence-corrected chi connectivity index (χ4v) is 3.98. The first-order valence-corrected chi connectivity index (χ1v) is 9.31. The highest BCUT2D eigenvalue weighted by atomic mass is 16.2. The lowest BCUT2D eigenvalue weighted by atomic mass is 9.96. The maximum absolute atomic E-state index is 13.0. The molecule has 3 rings (SSSR count). The summed E-state index contributed by atoms with van der Waals surface area (Å²) in [6.45, 7) is 1.01. The number of carbonyl (C=O) groups excluding carboxylic acids is 3. The molecule has 1 saturated heterocycles. The number of amides is 2. The summed E-state index contributed by atoms with van der Waals surface area (Å²) in [7, 11) is 1.45. The molecule has 2 aromatic carbocycles. The average Bonchev–Trinajstić information content (AvgIpc) is 3.07. The number of Topliss-reactive ketones (excluding diaryl/α,β-unsaturated/α-hetero) is 1. The van der Waals surface area contributed by atoms with Gasteiger partial charge in [-0.15, -0.1) is 0 Å². The van der Waals surface area contributed by atoms with Gasteiger partial charge in [-0.25, -0.2) is 9.28 Å². The second kappa shape index (κ2) is 8.27. The fraction of sp³-hybridized carbons (Fsp3) is 0.318. The SMILES string of the molecule is CNC(=O)C(=O)[C@@H](Cc1ccccc1)[N+]1(Cc2ccccc2)CCCC1=O. The molecule has 0 saturated carbocycles. The van der Waals surface area contributed by atoms with Crippen molar-refractivity contribution < 1.29 is 18.9 Å². The maximum Gasteiger partial charge on any atom is 0.314 e. The summed E-state index contributed by atoms with van der Waals surface area (Å²) in [5.74, 6) is -1.12. The van der Waals surface area contributed by atoms with E-state index in [1.807, 2.05) is 60.7 Å². The topological polar surface area (TPSA) is 63.2 Å². The largest absolute Gasteiger partial charge is 0.352 e. The van der Waals surface area contributed by atoms with Crippen molar-refractivity contribution in [2.45, 2.75) is 31.8 Å². The van der Waals surface area contributed by atoms with Gasteiger partial charge in [0.1, 0.15) is 6.54 Å². The van der Waals surface area contributed by atoms with Crippen LogP contribution in [0.3, 0.4) is 0 Å². The number of hydrogen-bond donors (Lipinski definition) is 1. The van der Waals surface area contributed by atoms with E-state index in [1.54, 1.807) is 0 Å². The van der Waals surface area contributed by atoms with E-state index >= 15 is 0 Å². The van der Waals surface area contributed by atoms with Crippen LogP contribution >= 0.6 is 0 Å². The molecule has 5 nitrogen and oxygen atoms in total. The Morgan fingerprint density at radius 2 is 1.59 bits per heavy atom. The minimum Gasteiger partial charge on any atom is -0.352 e. The number of nitrogens with zero attached hydrogens (tertiary/aromatic N) is 1. The van der Waals surface area contributed by atoms with Crippen molar-refractivity contribution in [1.82, 2.24) is 5.32 Å². The second-order valence-corrected chi connectivity index (χ2v) is 7.05. The number of nitrogens with one attached hydrogen (secondary N) is 1. The van der Waals surface area contributed by atoms with Gasteiger partial charge in [0.25, 0.3) is 11.7 Å². The van der Waals surface area contributed by atoms with Crippen molar-refractivity contribution in [3.8, 4) is 0 Å². The van der Waals surface area contributed by atoms with Crippen LogP contribution in [0.2, 0.25) is 0 Å².